The number of ether oxygens (including phenoxy) is 2. The fourth-order valence-electron chi connectivity index (χ4n) is 3.17. The first-order valence-electron chi connectivity index (χ1n) is 10.9. The topological polar surface area (TPSA) is 177 Å². The first-order chi connectivity index (χ1) is 16.3. The SMILES string of the molecule is COC(=O)CNC(=O)C(c1cccc(C)c1)N(CCO)C(=O)C(CC(N)=O)NC(=O)OC(C)(C)C. The molecule has 0 aliphatic carbocycles. The van der Waals surface area contributed by atoms with E-state index in [0.29, 0.717) is 5.56 Å². The summed E-state index contributed by atoms with van der Waals surface area (Å²) in [6.07, 6.45) is -1.55. The van der Waals surface area contributed by atoms with Crippen LogP contribution in [0, 0.1) is 6.92 Å². The van der Waals surface area contributed by atoms with Crippen molar-refractivity contribution in [3.63, 3.8) is 0 Å². The third-order valence-corrected chi connectivity index (χ3v) is 4.57. The van der Waals surface area contributed by atoms with E-state index in [1.54, 1.807) is 52.0 Å². The highest BCUT2D eigenvalue weighted by Crippen LogP contribution is 2.24. The molecule has 35 heavy (non-hydrogen) atoms. The van der Waals surface area contributed by atoms with Crippen molar-refractivity contribution in [2.45, 2.75) is 51.8 Å². The van der Waals surface area contributed by atoms with Crippen molar-refractivity contribution in [1.82, 2.24) is 15.5 Å². The number of benzene rings is 1. The van der Waals surface area contributed by atoms with Gasteiger partial charge in [0.1, 0.15) is 24.2 Å². The van der Waals surface area contributed by atoms with Crippen LogP contribution in [0.4, 0.5) is 4.79 Å². The zero-order valence-electron chi connectivity index (χ0n) is 20.6. The maximum atomic E-state index is 13.5. The van der Waals surface area contributed by atoms with Gasteiger partial charge in [-0.15, -0.1) is 0 Å². The number of nitrogens with one attached hydrogen (secondary N) is 2. The summed E-state index contributed by atoms with van der Waals surface area (Å²) in [6.45, 7) is 5.33. The summed E-state index contributed by atoms with van der Waals surface area (Å²) >= 11 is 0. The number of amides is 4. The first-order valence-corrected chi connectivity index (χ1v) is 10.9. The molecule has 0 saturated carbocycles. The summed E-state index contributed by atoms with van der Waals surface area (Å²) in [6, 6.07) is 3.92. The van der Waals surface area contributed by atoms with Gasteiger partial charge in [0, 0.05) is 6.54 Å². The van der Waals surface area contributed by atoms with Crippen LogP contribution in [0.1, 0.15) is 44.4 Å². The molecule has 0 saturated heterocycles. The third kappa shape index (κ3) is 10.0. The van der Waals surface area contributed by atoms with Crippen molar-refractivity contribution >= 4 is 29.8 Å². The van der Waals surface area contributed by atoms with Crippen molar-refractivity contribution < 1.29 is 38.6 Å². The van der Waals surface area contributed by atoms with Crippen molar-refractivity contribution in [3.8, 4) is 0 Å². The molecule has 4 amide bonds. The minimum atomic E-state index is -1.48. The van der Waals surface area contributed by atoms with Crippen molar-refractivity contribution in [3.05, 3.63) is 35.4 Å². The van der Waals surface area contributed by atoms with Crippen LogP contribution in [0.25, 0.3) is 0 Å². The van der Waals surface area contributed by atoms with E-state index in [1.807, 2.05) is 0 Å². The van der Waals surface area contributed by atoms with E-state index >= 15 is 0 Å². The van der Waals surface area contributed by atoms with Gasteiger partial charge in [-0.05, 0) is 33.3 Å². The fraction of sp³-hybridized carbons (Fsp3) is 0.522. The summed E-state index contributed by atoms with van der Waals surface area (Å²) in [5, 5.41) is 14.4. The Kier molecular flexibility index (Phi) is 11.1. The molecule has 1 rings (SSSR count). The Balaban J connectivity index is 3.41. The number of aliphatic hydroxyl groups is 1. The number of hydrogen-bond acceptors (Lipinski definition) is 8. The molecule has 2 unspecified atom stereocenters. The van der Waals surface area contributed by atoms with Gasteiger partial charge in [0.25, 0.3) is 0 Å². The van der Waals surface area contributed by atoms with Gasteiger partial charge < -0.3 is 35.8 Å². The smallest absolute Gasteiger partial charge is 0.408 e. The van der Waals surface area contributed by atoms with Gasteiger partial charge in [-0.2, -0.15) is 0 Å². The molecule has 194 valence electrons. The molecule has 0 aromatic heterocycles. The van der Waals surface area contributed by atoms with Crippen LogP contribution in [0.15, 0.2) is 24.3 Å². The third-order valence-electron chi connectivity index (χ3n) is 4.57. The lowest BCUT2D eigenvalue weighted by Crippen LogP contribution is -2.54. The molecule has 0 bridgehead atoms. The molecule has 12 heteroatoms. The number of nitrogens with zero attached hydrogens (tertiary/aromatic N) is 1. The van der Waals surface area contributed by atoms with Gasteiger partial charge in [-0.25, -0.2) is 4.79 Å². The van der Waals surface area contributed by atoms with E-state index in [-0.39, 0.29) is 6.54 Å². The van der Waals surface area contributed by atoms with Crippen LogP contribution in [-0.2, 0) is 28.7 Å². The highest BCUT2D eigenvalue weighted by atomic mass is 16.6. The molecule has 12 nitrogen and oxygen atoms in total. The molecule has 0 aliphatic rings. The van der Waals surface area contributed by atoms with Crippen molar-refractivity contribution in [2.24, 2.45) is 5.73 Å². The molecule has 0 spiro atoms. The van der Waals surface area contributed by atoms with Crippen molar-refractivity contribution in [2.75, 3.05) is 26.8 Å². The number of esters is 1. The summed E-state index contributed by atoms with van der Waals surface area (Å²) < 4.78 is 9.71. The van der Waals surface area contributed by atoms with Gasteiger partial charge in [0.05, 0.1) is 20.1 Å². The zero-order valence-corrected chi connectivity index (χ0v) is 20.6. The van der Waals surface area contributed by atoms with E-state index in [4.69, 9.17) is 10.5 Å². The van der Waals surface area contributed by atoms with Crippen LogP contribution in [0.5, 0.6) is 0 Å². The second-order valence-corrected chi connectivity index (χ2v) is 8.74. The molecule has 1 aromatic carbocycles. The molecule has 0 aliphatic heterocycles. The highest BCUT2D eigenvalue weighted by Gasteiger charge is 2.37. The van der Waals surface area contributed by atoms with Crippen LogP contribution >= 0.6 is 0 Å². The molecule has 5 N–H and O–H groups in total. The lowest BCUT2D eigenvalue weighted by Gasteiger charge is -2.34. The number of alkyl carbamates (subject to hydrolysis) is 1. The lowest BCUT2D eigenvalue weighted by atomic mass is 10.0. The minimum absolute atomic E-state index is 0.325. The molecule has 0 heterocycles. The van der Waals surface area contributed by atoms with Gasteiger partial charge >= 0.3 is 12.1 Å². The van der Waals surface area contributed by atoms with E-state index in [2.05, 4.69) is 15.4 Å². The Morgan fingerprint density at radius 2 is 1.83 bits per heavy atom. The Hall–Kier alpha value is -3.67. The van der Waals surface area contributed by atoms with Gasteiger partial charge in [0.2, 0.25) is 17.7 Å². The monoisotopic (exact) mass is 494 g/mol. The number of aryl methyl sites for hydroxylation is 1. The van der Waals surface area contributed by atoms with Gasteiger partial charge in [-0.3, -0.25) is 19.2 Å². The maximum absolute atomic E-state index is 13.5. The molecular weight excluding hydrogens is 460 g/mol. The Morgan fingerprint density at radius 3 is 2.34 bits per heavy atom. The number of rotatable bonds is 11. The summed E-state index contributed by atoms with van der Waals surface area (Å²) in [5.74, 6) is -3.19. The first kappa shape index (κ1) is 29.4. The summed E-state index contributed by atoms with van der Waals surface area (Å²) in [5.41, 5.74) is 5.57. The van der Waals surface area contributed by atoms with E-state index in [9.17, 15) is 29.1 Å². The largest absolute Gasteiger partial charge is 0.468 e. The van der Waals surface area contributed by atoms with E-state index in [1.165, 1.54) is 0 Å². The summed E-state index contributed by atoms with van der Waals surface area (Å²) in [7, 11) is 1.16. The normalized spacial score (nSPS) is 12.6. The number of carbonyl (C=O) groups is 5. The number of aliphatic hydroxyl groups excluding tert-OH is 1. The standard InChI is InChI=1S/C23H34N4O8/c1-14-7-6-8-15(11-14)19(20(31)25-13-18(30)34-5)27(9-10-28)21(32)16(12-17(24)29)26-22(33)35-23(2,3)4/h6-8,11,16,19,28H,9-10,12-13H2,1-5H3,(H2,24,29)(H,25,31)(H,26,33). The number of primary amides is 1. The molecule has 2 atom stereocenters. The zero-order chi connectivity index (χ0) is 26.8. The van der Waals surface area contributed by atoms with Crippen LogP contribution < -0.4 is 16.4 Å². The number of carbonyl (C=O) groups excluding carboxylic acids is 5. The van der Waals surface area contributed by atoms with Crippen LogP contribution in [-0.4, -0.2) is 78.2 Å². The number of methoxy groups -OCH3 is 1. The predicted octanol–water partition coefficient (Wildman–Crippen LogP) is -0.0851. The minimum Gasteiger partial charge on any atom is -0.468 e. The molecule has 0 fully saturated rings. The number of hydrogen-bond donors (Lipinski definition) is 4. The average Bonchev–Trinajstić information content (AvgIpc) is 2.74. The van der Waals surface area contributed by atoms with Crippen LogP contribution in [0.3, 0.4) is 0 Å². The molecular formula is C23H34N4O8. The maximum Gasteiger partial charge on any atom is 0.408 e. The predicted molar refractivity (Wildman–Crippen MR) is 125 cm³/mol. The molecule has 1 aromatic rings. The quantitative estimate of drug-likeness (QED) is 0.308. The van der Waals surface area contributed by atoms with Gasteiger partial charge in [0.15, 0.2) is 0 Å². The number of nitrogens with two attached hydrogens (primary N) is 1. The Labute approximate surface area is 204 Å². The average molecular weight is 495 g/mol. The fourth-order valence-corrected chi connectivity index (χ4v) is 3.17. The summed E-state index contributed by atoms with van der Waals surface area (Å²) in [4.78, 5) is 63.2. The lowest BCUT2D eigenvalue weighted by molar-refractivity contribution is -0.145. The second kappa shape index (κ2) is 13.3. The van der Waals surface area contributed by atoms with Crippen LogP contribution in [0.2, 0.25) is 0 Å². The van der Waals surface area contributed by atoms with E-state index < -0.39 is 67.0 Å². The van der Waals surface area contributed by atoms with Gasteiger partial charge in [-0.1, -0.05) is 29.8 Å². The van der Waals surface area contributed by atoms with E-state index in [0.717, 1.165) is 17.6 Å². The second-order valence-electron chi connectivity index (χ2n) is 8.74. The Bertz CT molecular complexity index is 928. The van der Waals surface area contributed by atoms with Crippen molar-refractivity contribution in [1.29, 1.82) is 0 Å². The molecule has 0 radical (unpaired) electrons. The highest BCUT2D eigenvalue weighted by molar-refractivity contribution is 5.95. The Morgan fingerprint density at radius 1 is 1.17 bits per heavy atom.